The molecule has 0 amide bonds. The fraction of sp³-hybridized carbons (Fsp3) is 0.500. The first-order valence-corrected chi connectivity index (χ1v) is 3.32. The molecule has 0 radical (unpaired) electrons. The van der Waals surface area contributed by atoms with Crippen LogP contribution >= 0.6 is 11.6 Å². The number of halogens is 1. The predicted octanol–water partition coefficient (Wildman–Crippen LogP) is 1.93. The molecule has 0 aliphatic rings. The standard InChI is InChI=1S/C6H9ClN2/c1-3-5-8-4(2)6(7)9-5/h3H2,1-2H3,(H,8,9). The van der Waals surface area contributed by atoms with E-state index in [1.54, 1.807) is 0 Å². The van der Waals surface area contributed by atoms with Crippen LogP contribution in [0, 0.1) is 6.92 Å². The highest BCUT2D eigenvalue weighted by atomic mass is 35.5. The average molecular weight is 145 g/mol. The quantitative estimate of drug-likeness (QED) is 0.641. The number of imidazole rings is 1. The summed E-state index contributed by atoms with van der Waals surface area (Å²) in [6.45, 7) is 3.92. The molecule has 0 spiro atoms. The monoisotopic (exact) mass is 144 g/mol. The maximum atomic E-state index is 5.69. The molecule has 1 aromatic rings. The Morgan fingerprint density at radius 2 is 2.33 bits per heavy atom. The van der Waals surface area contributed by atoms with E-state index in [1.165, 1.54) is 0 Å². The first-order chi connectivity index (χ1) is 4.24. The maximum Gasteiger partial charge on any atom is 0.129 e. The Balaban J connectivity index is 2.98. The molecule has 0 atom stereocenters. The lowest BCUT2D eigenvalue weighted by Crippen LogP contribution is -1.80. The molecule has 50 valence electrons. The van der Waals surface area contributed by atoms with E-state index >= 15 is 0 Å². The lowest BCUT2D eigenvalue weighted by molar-refractivity contribution is 0.982. The normalized spacial score (nSPS) is 10.1. The summed E-state index contributed by atoms with van der Waals surface area (Å²) in [7, 11) is 0. The Kier molecular flexibility index (Phi) is 1.76. The lowest BCUT2D eigenvalue weighted by atomic mass is 10.5. The van der Waals surface area contributed by atoms with Gasteiger partial charge in [-0.05, 0) is 6.92 Å². The highest BCUT2D eigenvalue weighted by molar-refractivity contribution is 6.30. The molecular weight excluding hydrogens is 136 g/mol. The number of aromatic amines is 1. The van der Waals surface area contributed by atoms with Crippen LogP contribution in [0.5, 0.6) is 0 Å². The molecular formula is C6H9ClN2. The summed E-state index contributed by atoms with van der Waals surface area (Å²) in [5, 5.41) is 0.659. The van der Waals surface area contributed by atoms with E-state index in [2.05, 4.69) is 9.97 Å². The van der Waals surface area contributed by atoms with Crippen molar-refractivity contribution in [2.24, 2.45) is 0 Å². The topological polar surface area (TPSA) is 28.7 Å². The molecule has 0 aliphatic carbocycles. The zero-order valence-corrected chi connectivity index (χ0v) is 6.29. The number of aryl methyl sites for hydroxylation is 2. The maximum absolute atomic E-state index is 5.69. The zero-order valence-electron chi connectivity index (χ0n) is 5.53. The number of rotatable bonds is 1. The molecule has 3 heteroatoms. The van der Waals surface area contributed by atoms with E-state index in [4.69, 9.17) is 11.6 Å². The van der Waals surface area contributed by atoms with Crippen molar-refractivity contribution in [3.05, 3.63) is 16.7 Å². The summed E-state index contributed by atoms with van der Waals surface area (Å²) in [6, 6.07) is 0. The Morgan fingerprint density at radius 3 is 2.56 bits per heavy atom. The van der Waals surface area contributed by atoms with Crippen molar-refractivity contribution < 1.29 is 0 Å². The van der Waals surface area contributed by atoms with Crippen molar-refractivity contribution in [2.45, 2.75) is 20.3 Å². The number of hydrogen-bond donors (Lipinski definition) is 1. The molecule has 0 saturated carbocycles. The fourth-order valence-electron chi connectivity index (χ4n) is 0.664. The van der Waals surface area contributed by atoms with Crippen molar-refractivity contribution in [2.75, 3.05) is 0 Å². The molecule has 9 heavy (non-hydrogen) atoms. The van der Waals surface area contributed by atoms with E-state index < -0.39 is 0 Å². The molecule has 0 saturated heterocycles. The second-order valence-electron chi connectivity index (χ2n) is 1.94. The van der Waals surface area contributed by atoms with Crippen LogP contribution in [0.25, 0.3) is 0 Å². The van der Waals surface area contributed by atoms with Gasteiger partial charge in [-0.2, -0.15) is 0 Å². The van der Waals surface area contributed by atoms with Crippen molar-refractivity contribution in [1.82, 2.24) is 9.97 Å². The second kappa shape index (κ2) is 2.40. The van der Waals surface area contributed by atoms with Gasteiger partial charge in [0, 0.05) is 6.42 Å². The van der Waals surface area contributed by atoms with Gasteiger partial charge in [0.2, 0.25) is 0 Å². The molecule has 0 bridgehead atoms. The lowest BCUT2D eigenvalue weighted by Gasteiger charge is -1.81. The smallest absolute Gasteiger partial charge is 0.129 e. The SMILES string of the molecule is CCc1nc(C)c(Cl)[nH]1. The molecule has 1 N–H and O–H groups in total. The molecule has 0 aliphatic heterocycles. The third-order valence-electron chi connectivity index (χ3n) is 1.21. The first kappa shape index (κ1) is 6.62. The van der Waals surface area contributed by atoms with E-state index in [0.717, 1.165) is 17.9 Å². The minimum atomic E-state index is 0.659. The van der Waals surface area contributed by atoms with Crippen molar-refractivity contribution in [1.29, 1.82) is 0 Å². The summed E-state index contributed by atoms with van der Waals surface area (Å²) in [5.74, 6) is 0.956. The Labute approximate surface area is 59.3 Å². The van der Waals surface area contributed by atoms with Crippen molar-refractivity contribution in [3.63, 3.8) is 0 Å². The molecule has 1 aromatic heterocycles. The third kappa shape index (κ3) is 1.24. The minimum absolute atomic E-state index is 0.659. The van der Waals surface area contributed by atoms with Crippen LogP contribution in [-0.4, -0.2) is 9.97 Å². The summed E-state index contributed by atoms with van der Waals surface area (Å²) in [6.07, 6.45) is 0.910. The van der Waals surface area contributed by atoms with Gasteiger partial charge >= 0.3 is 0 Å². The second-order valence-corrected chi connectivity index (χ2v) is 2.31. The van der Waals surface area contributed by atoms with Gasteiger partial charge in [0.1, 0.15) is 11.0 Å². The van der Waals surface area contributed by atoms with Gasteiger partial charge in [0.25, 0.3) is 0 Å². The molecule has 1 rings (SSSR count). The molecule has 0 aromatic carbocycles. The highest BCUT2D eigenvalue weighted by Crippen LogP contribution is 2.10. The van der Waals surface area contributed by atoms with E-state index in [1.807, 2.05) is 13.8 Å². The highest BCUT2D eigenvalue weighted by Gasteiger charge is 1.99. The van der Waals surface area contributed by atoms with Crippen molar-refractivity contribution >= 4 is 11.6 Å². The fourth-order valence-corrected chi connectivity index (χ4v) is 0.815. The first-order valence-electron chi connectivity index (χ1n) is 2.95. The summed E-state index contributed by atoms with van der Waals surface area (Å²) in [4.78, 5) is 7.09. The summed E-state index contributed by atoms with van der Waals surface area (Å²) >= 11 is 5.69. The largest absolute Gasteiger partial charge is 0.333 e. The van der Waals surface area contributed by atoms with Gasteiger partial charge in [-0.15, -0.1) is 0 Å². The molecule has 2 nitrogen and oxygen atoms in total. The van der Waals surface area contributed by atoms with E-state index in [0.29, 0.717) is 5.15 Å². The van der Waals surface area contributed by atoms with Gasteiger partial charge < -0.3 is 4.98 Å². The van der Waals surface area contributed by atoms with Gasteiger partial charge in [0.05, 0.1) is 5.69 Å². The van der Waals surface area contributed by atoms with Gasteiger partial charge in [-0.25, -0.2) is 4.98 Å². The van der Waals surface area contributed by atoms with Crippen LogP contribution in [0.15, 0.2) is 0 Å². The minimum Gasteiger partial charge on any atom is -0.333 e. The van der Waals surface area contributed by atoms with Crippen LogP contribution in [0.3, 0.4) is 0 Å². The summed E-state index contributed by atoms with van der Waals surface area (Å²) < 4.78 is 0. The number of hydrogen-bond acceptors (Lipinski definition) is 1. The predicted molar refractivity (Wildman–Crippen MR) is 37.7 cm³/mol. The van der Waals surface area contributed by atoms with Crippen LogP contribution in [0.2, 0.25) is 5.15 Å². The molecule has 0 fully saturated rings. The van der Waals surface area contributed by atoms with Gasteiger partial charge in [-0.3, -0.25) is 0 Å². The van der Waals surface area contributed by atoms with Gasteiger partial charge in [0.15, 0.2) is 0 Å². The van der Waals surface area contributed by atoms with Crippen LogP contribution in [-0.2, 0) is 6.42 Å². The molecule has 0 unspecified atom stereocenters. The van der Waals surface area contributed by atoms with Gasteiger partial charge in [-0.1, -0.05) is 18.5 Å². The van der Waals surface area contributed by atoms with Crippen molar-refractivity contribution in [3.8, 4) is 0 Å². The van der Waals surface area contributed by atoms with E-state index in [-0.39, 0.29) is 0 Å². The average Bonchev–Trinajstić information content (AvgIpc) is 2.13. The number of nitrogens with one attached hydrogen (secondary N) is 1. The van der Waals surface area contributed by atoms with Crippen LogP contribution in [0.4, 0.5) is 0 Å². The summed E-state index contributed by atoms with van der Waals surface area (Å²) in [5.41, 5.74) is 0.883. The van der Waals surface area contributed by atoms with Crippen LogP contribution < -0.4 is 0 Å². The zero-order chi connectivity index (χ0) is 6.85. The third-order valence-corrected chi connectivity index (χ3v) is 1.58. The Hall–Kier alpha value is -0.500. The van der Waals surface area contributed by atoms with E-state index in [9.17, 15) is 0 Å². The number of H-pyrrole nitrogens is 1. The number of nitrogens with zero attached hydrogens (tertiary/aromatic N) is 1. The molecule has 1 heterocycles. The van der Waals surface area contributed by atoms with Crippen LogP contribution in [0.1, 0.15) is 18.4 Å². The number of aromatic nitrogens is 2. The Morgan fingerprint density at radius 1 is 1.67 bits per heavy atom. The Bertz CT molecular complexity index is 185.